The van der Waals surface area contributed by atoms with Gasteiger partial charge in [0.1, 0.15) is 11.5 Å². The van der Waals surface area contributed by atoms with Crippen LogP contribution in [0.3, 0.4) is 0 Å². The number of rotatable bonds is 3. The Kier molecular flexibility index (Phi) is 8.56. The Hall–Kier alpha value is -3.66. The smallest absolute Gasteiger partial charge is 0.276 e. The van der Waals surface area contributed by atoms with Gasteiger partial charge >= 0.3 is 0 Å². The molecule has 0 aliphatic carbocycles. The van der Waals surface area contributed by atoms with Gasteiger partial charge in [-0.1, -0.05) is 17.6 Å². The minimum atomic E-state index is -0.0959. The molecule has 3 aliphatic heterocycles. The molecule has 2 bridgehead atoms. The Labute approximate surface area is 253 Å². The van der Waals surface area contributed by atoms with E-state index in [-0.39, 0.29) is 23.3 Å². The van der Waals surface area contributed by atoms with Crippen LogP contribution < -0.4 is 4.74 Å². The molecule has 3 aromatic rings. The van der Waals surface area contributed by atoms with E-state index in [1.165, 1.54) is 0 Å². The van der Waals surface area contributed by atoms with E-state index in [1.54, 1.807) is 0 Å². The van der Waals surface area contributed by atoms with Gasteiger partial charge in [0.2, 0.25) is 0 Å². The fraction of sp³-hybridized carbons (Fsp3) is 0.576. The molecule has 2 fully saturated rings. The predicted molar refractivity (Wildman–Crippen MR) is 160 cm³/mol. The fourth-order valence-corrected chi connectivity index (χ4v) is 6.85. The molecule has 0 N–H and O–H groups in total. The van der Waals surface area contributed by atoms with Crippen molar-refractivity contribution >= 4 is 11.8 Å². The summed E-state index contributed by atoms with van der Waals surface area (Å²) in [7, 11) is 0. The Morgan fingerprint density at radius 1 is 1.05 bits per heavy atom. The zero-order valence-electron chi connectivity index (χ0n) is 25.6. The number of benzene rings is 1. The number of nitrogens with zero attached hydrogens (tertiary/aromatic N) is 5. The molecule has 2 saturated heterocycles. The standard InChI is InChI=1S/C33H43N5O5/c1-23-18-24(2)38(34-23)20-29-25(3)43-35-30(29)32(40)36-15-12-33(13-16-36)11-4-5-17-41-21-27-9-7-14-37(27)31(39)26-8-6-10-28(19-26)42-22-33/h6,8,10,18-19,27H,4-5,7,9,11-17,20-22H2,1-3H3/t27-/m0/s1. The molecular weight excluding hydrogens is 546 g/mol. The van der Waals surface area contributed by atoms with Crippen LogP contribution in [-0.4, -0.2) is 82.0 Å². The third-order valence-electron chi connectivity index (χ3n) is 9.53. The van der Waals surface area contributed by atoms with E-state index in [9.17, 15) is 9.59 Å². The number of hydrogen-bond acceptors (Lipinski definition) is 7. The molecule has 5 heterocycles. The van der Waals surface area contributed by atoms with Crippen LogP contribution in [0.15, 0.2) is 34.9 Å². The molecule has 0 unspecified atom stereocenters. The van der Waals surface area contributed by atoms with Gasteiger partial charge in [-0.05, 0) is 83.6 Å². The topological polar surface area (TPSA) is 103 Å². The van der Waals surface area contributed by atoms with E-state index >= 15 is 0 Å². The highest BCUT2D eigenvalue weighted by atomic mass is 16.5. The van der Waals surface area contributed by atoms with E-state index in [2.05, 4.69) is 10.3 Å². The first kappa shape index (κ1) is 29.4. The van der Waals surface area contributed by atoms with Crippen LogP contribution in [0.4, 0.5) is 0 Å². The van der Waals surface area contributed by atoms with Gasteiger partial charge in [0.15, 0.2) is 5.69 Å². The summed E-state index contributed by atoms with van der Waals surface area (Å²) in [5, 5.41) is 8.75. The second-order valence-corrected chi connectivity index (χ2v) is 12.6. The first-order valence-electron chi connectivity index (χ1n) is 15.7. The van der Waals surface area contributed by atoms with Crippen molar-refractivity contribution in [3.8, 4) is 5.75 Å². The number of hydrogen-bond donors (Lipinski definition) is 0. The molecule has 10 heteroatoms. The molecule has 230 valence electrons. The van der Waals surface area contributed by atoms with Gasteiger partial charge < -0.3 is 23.8 Å². The Morgan fingerprint density at radius 2 is 1.88 bits per heavy atom. The van der Waals surface area contributed by atoms with Gasteiger partial charge in [-0.2, -0.15) is 5.10 Å². The Bertz CT molecular complexity index is 1450. The summed E-state index contributed by atoms with van der Waals surface area (Å²) in [5.41, 5.74) is 3.71. The molecule has 10 nitrogen and oxygen atoms in total. The first-order valence-corrected chi connectivity index (χ1v) is 15.7. The van der Waals surface area contributed by atoms with Crippen LogP contribution >= 0.6 is 0 Å². The number of ether oxygens (including phenoxy) is 2. The lowest BCUT2D eigenvalue weighted by molar-refractivity contribution is 0.0326. The number of carbonyl (C=O) groups excluding carboxylic acids is 2. The van der Waals surface area contributed by atoms with Crippen molar-refractivity contribution in [2.75, 3.05) is 39.5 Å². The zero-order valence-corrected chi connectivity index (χ0v) is 25.6. The van der Waals surface area contributed by atoms with Crippen LogP contribution in [0.2, 0.25) is 0 Å². The van der Waals surface area contributed by atoms with E-state index < -0.39 is 0 Å². The summed E-state index contributed by atoms with van der Waals surface area (Å²) < 4.78 is 19.9. The van der Waals surface area contributed by atoms with Crippen LogP contribution in [0.25, 0.3) is 0 Å². The van der Waals surface area contributed by atoms with Gasteiger partial charge in [-0.3, -0.25) is 14.3 Å². The highest BCUT2D eigenvalue weighted by Crippen LogP contribution is 2.38. The van der Waals surface area contributed by atoms with Gasteiger partial charge in [-0.15, -0.1) is 0 Å². The predicted octanol–water partition coefficient (Wildman–Crippen LogP) is 4.95. The average molecular weight is 590 g/mol. The summed E-state index contributed by atoms with van der Waals surface area (Å²) in [6.45, 7) is 10.1. The number of fused-ring (bicyclic) bond motifs is 3. The van der Waals surface area contributed by atoms with Crippen LogP contribution in [0.5, 0.6) is 5.75 Å². The number of aryl methyl sites for hydroxylation is 3. The van der Waals surface area contributed by atoms with Crippen molar-refractivity contribution in [3.63, 3.8) is 0 Å². The quantitative estimate of drug-likeness (QED) is 0.426. The molecule has 6 rings (SSSR count). The maximum absolute atomic E-state index is 13.7. The lowest BCUT2D eigenvalue weighted by Gasteiger charge is -2.41. The van der Waals surface area contributed by atoms with Crippen molar-refractivity contribution in [1.82, 2.24) is 24.7 Å². The Morgan fingerprint density at radius 3 is 2.67 bits per heavy atom. The molecule has 2 amide bonds. The van der Waals surface area contributed by atoms with E-state index in [0.717, 1.165) is 74.2 Å². The minimum Gasteiger partial charge on any atom is -0.493 e. The maximum Gasteiger partial charge on any atom is 0.276 e. The molecule has 1 spiro atoms. The Balaban J connectivity index is 1.15. The van der Waals surface area contributed by atoms with Crippen LogP contribution in [0, 0.1) is 26.2 Å². The number of aromatic nitrogens is 3. The molecule has 2 aromatic heterocycles. The van der Waals surface area contributed by atoms with Crippen molar-refractivity contribution in [2.24, 2.45) is 5.41 Å². The summed E-state index contributed by atoms with van der Waals surface area (Å²) in [4.78, 5) is 30.9. The van der Waals surface area contributed by atoms with Crippen LogP contribution in [0.1, 0.15) is 88.5 Å². The summed E-state index contributed by atoms with van der Waals surface area (Å²) in [5.74, 6) is 1.31. The SMILES string of the molecule is Cc1cc(C)n(Cc2c(C(=O)N3CCC4(CCCCOC[C@@H]5CCCN5C(=O)c5cccc(c5)OC4)CC3)noc2C)n1. The first-order chi connectivity index (χ1) is 20.8. The maximum atomic E-state index is 13.7. The minimum absolute atomic E-state index is 0.0493. The normalized spacial score (nSPS) is 21.3. The highest BCUT2D eigenvalue weighted by molar-refractivity contribution is 5.95. The third-order valence-corrected chi connectivity index (χ3v) is 9.53. The monoisotopic (exact) mass is 589 g/mol. The number of carbonyl (C=O) groups is 2. The molecule has 1 atom stereocenters. The van der Waals surface area contributed by atoms with Crippen molar-refractivity contribution < 1.29 is 23.6 Å². The van der Waals surface area contributed by atoms with Crippen molar-refractivity contribution in [3.05, 3.63) is 64.3 Å². The van der Waals surface area contributed by atoms with Gasteiger partial charge in [0, 0.05) is 48.5 Å². The van der Waals surface area contributed by atoms with Crippen LogP contribution in [-0.2, 0) is 11.3 Å². The third kappa shape index (κ3) is 6.34. The lowest BCUT2D eigenvalue weighted by Crippen LogP contribution is -2.46. The van der Waals surface area contributed by atoms with E-state index in [4.69, 9.17) is 14.0 Å². The van der Waals surface area contributed by atoms with Gasteiger partial charge in [0.05, 0.1) is 31.5 Å². The second-order valence-electron chi connectivity index (χ2n) is 12.6. The molecule has 43 heavy (non-hydrogen) atoms. The molecule has 0 radical (unpaired) electrons. The summed E-state index contributed by atoms with van der Waals surface area (Å²) in [6, 6.07) is 9.74. The number of piperidine rings is 1. The van der Waals surface area contributed by atoms with Crippen molar-refractivity contribution in [1.29, 1.82) is 0 Å². The lowest BCUT2D eigenvalue weighted by atomic mass is 9.75. The molecule has 0 saturated carbocycles. The molecule has 3 aliphatic rings. The average Bonchev–Trinajstić information content (AvgIpc) is 3.71. The summed E-state index contributed by atoms with van der Waals surface area (Å²) in [6.07, 6.45) is 6.65. The van der Waals surface area contributed by atoms with E-state index in [1.807, 2.05) is 65.6 Å². The van der Waals surface area contributed by atoms with E-state index in [0.29, 0.717) is 56.5 Å². The zero-order chi connectivity index (χ0) is 30.0. The molecular formula is C33H43N5O5. The van der Waals surface area contributed by atoms with Crippen molar-refractivity contribution in [2.45, 2.75) is 78.3 Å². The number of amides is 2. The summed E-state index contributed by atoms with van der Waals surface area (Å²) >= 11 is 0. The number of likely N-dealkylation sites (tertiary alicyclic amines) is 1. The molecule has 1 aromatic carbocycles. The highest BCUT2D eigenvalue weighted by Gasteiger charge is 2.38. The van der Waals surface area contributed by atoms with Gasteiger partial charge in [0.25, 0.3) is 11.8 Å². The second kappa shape index (κ2) is 12.5. The van der Waals surface area contributed by atoms with Gasteiger partial charge in [-0.25, -0.2) is 0 Å². The largest absolute Gasteiger partial charge is 0.493 e. The fourth-order valence-electron chi connectivity index (χ4n) is 6.85.